The fraction of sp³-hybridized carbons (Fsp3) is 0.143. The summed E-state index contributed by atoms with van der Waals surface area (Å²) in [6, 6.07) is 3.14. The Labute approximate surface area is 178 Å². The summed E-state index contributed by atoms with van der Waals surface area (Å²) in [4.78, 5) is 0. The molecule has 0 spiro atoms. The Hall–Kier alpha value is -2.10. The molecule has 0 radical (unpaired) electrons. The standard InChI is InChI=1S/C14H4Cl2F6O7S2/c15-7-3-9-5(1-11(7)28-30(23,24)13(17,18)19)6-2-12(8(16)4-10(6)27-9)29-31(25,26)14(20,21)22/h1-4H. The van der Waals surface area contributed by atoms with Crippen LogP contribution < -0.4 is 8.37 Å². The van der Waals surface area contributed by atoms with Gasteiger partial charge >= 0.3 is 31.3 Å². The molecule has 0 saturated carbocycles. The third-order valence-electron chi connectivity index (χ3n) is 3.54. The number of furan rings is 1. The fourth-order valence-electron chi connectivity index (χ4n) is 2.24. The van der Waals surface area contributed by atoms with Crippen LogP contribution in [0.5, 0.6) is 11.5 Å². The van der Waals surface area contributed by atoms with Gasteiger partial charge in [-0.25, -0.2) is 0 Å². The van der Waals surface area contributed by atoms with E-state index in [2.05, 4.69) is 8.37 Å². The lowest BCUT2D eigenvalue weighted by atomic mass is 10.1. The van der Waals surface area contributed by atoms with E-state index in [0.29, 0.717) is 12.1 Å². The molecular formula is C14H4Cl2F6O7S2. The first-order valence-electron chi connectivity index (χ1n) is 7.30. The third-order valence-corrected chi connectivity index (χ3v) is 6.07. The Balaban J connectivity index is 2.18. The number of alkyl halides is 6. The van der Waals surface area contributed by atoms with Crippen LogP contribution in [0.2, 0.25) is 10.0 Å². The second kappa shape index (κ2) is 7.21. The third kappa shape index (κ3) is 4.31. The van der Waals surface area contributed by atoms with Crippen molar-refractivity contribution >= 4 is 65.4 Å². The van der Waals surface area contributed by atoms with Crippen LogP contribution in [-0.2, 0) is 20.2 Å². The van der Waals surface area contributed by atoms with Gasteiger partial charge in [0.2, 0.25) is 0 Å². The van der Waals surface area contributed by atoms with E-state index in [4.69, 9.17) is 27.6 Å². The molecule has 0 aliphatic carbocycles. The maximum atomic E-state index is 12.6. The highest BCUT2D eigenvalue weighted by molar-refractivity contribution is 7.88. The molecule has 7 nitrogen and oxygen atoms in total. The number of rotatable bonds is 4. The monoisotopic (exact) mass is 532 g/mol. The molecule has 0 aliphatic rings. The zero-order chi connectivity index (χ0) is 23.6. The predicted octanol–water partition coefficient (Wildman–Crippen LogP) is 5.35. The van der Waals surface area contributed by atoms with E-state index in [9.17, 15) is 43.2 Å². The molecule has 17 heteroatoms. The maximum Gasteiger partial charge on any atom is 0.534 e. The molecule has 31 heavy (non-hydrogen) atoms. The van der Waals surface area contributed by atoms with Gasteiger partial charge in [0.1, 0.15) is 11.2 Å². The van der Waals surface area contributed by atoms with Crippen molar-refractivity contribution in [2.24, 2.45) is 0 Å². The molecular weight excluding hydrogens is 529 g/mol. The normalized spacial score (nSPS) is 13.7. The minimum atomic E-state index is -6.10. The topological polar surface area (TPSA) is 99.9 Å². The van der Waals surface area contributed by atoms with Crippen molar-refractivity contribution in [1.29, 1.82) is 0 Å². The summed E-state index contributed by atoms with van der Waals surface area (Å²) in [5.41, 5.74) is -11.9. The van der Waals surface area contributed by atoms with Crippen LogP contribution in [-0.4, -0.2) is 27.9 Å². The minimum absolute atomic E-state index is 0.163. The Kier molecular flexibility index (Phi) is 5.48. The largest absolute Gasteiger partial charge is 0.534 e. The van der Waals surface area contributed by atoms with Crippen LogP contribution in [0, 0.1) is 0 Å². The lowest BCUT2D eigenvalue weighted by Crippen LogP contribution is -2.28. The van der Waals surface area contributed by atoms with Gasteiger partial charge in [-0.3, -0.25) is 0 Å². The quantitative estimate of drug-likeness (QED) is 0.253. The van der Waals surface area contributed by atoms with E-state index < -0.39 is 52.8 Å². The first-order chi connectivity index (χ1) is 13.9. The molecule has 170 valence electrons. The second-order valence-corrected chi connectivity index (χ2v) is 9.52. The smallest absolute Gasteiger partial charge is 0.456 e. The summed E-state index contributed by atoms with van der Waals surface area (Å²) in [5, 5.41) is -1.61. The minimum Gasteiger partial charge on any atom is -0.456 e. The van der Waals surface area contributed by atoms with E-state index in [0.717, 1.165) is 12.1 Å². The molecule has 0 saturated heterocycles. The number of halogens is 8. The molecule has 1 heterocycles. The zero-order valence-electron chi connectivity index (χ0n) is 14.0. The van der Waals surface area contributed by atoms with Crippen molar-refractivity contribution in [3.8, 4) is 11.5 Å². The molecule has 0 aliphatic heterocycles. The molecule has 0 atom stereocenters. The van der Waals surface area contributed by atoms with Crippen molar-refractivity contribution < 1.29 is 56.0 Å². The summed E-state index contributed by atoms with van der Waals surface area (Å²) in [6.45, 7) is 0. The fourth-order valence-corrected chi connectivity index (χ4v) is 3.65. The van der Waals surface area contributed by atoms with Gasteiger partial charge in [-0.1, -0.05) is 23.2 Å². The molecule has 0 fully saturated rings. The van der Waals surface area contributed by atoms with Gasteiger partial charge in [0.25, 0.3) is 0 Å². The highest BCUT2D eigenvalue weighted by atomic mass is 35.5. The summed E-state index contributed by atoms with van der Waals surface area (Å²) < 4.78 is 133. The summed E-state index contributed by atoms with van der Waals surface area (Å²) >= 11 is 11.4. The molecule has 3 aromatic rings. The average molecular weight is 533 g/mol. The lowest BCUT2D eigenvalue weighted by Gasteiger charge is -2.11. The molecule has 1 aromatic heterocycles. The first-order valence-corrected chi connectivity index (χ1v) is 10.9. The molecule has 0 bridgehead atoms. The van der Waals surface area contributed by atoms with Crippen LogP contribution in [0.1, 0.15) is 0 Å². The van der Waals surface area contributed by atoms with Gasteiger partial charge in [-0.15, -0.1) is 0 Å². The lowest BCUT2D eigenvalue weighted by molar-refractivity contribution is -0.0504. The highest BCUT2D eigenvalue weighted by Crippen LogP contribution is 2.42. The Morgan fingerprint density at radius 1 is 0.677 bits per heavy atom. The molecule has 2 aromatic carbocycles. The predicted molar refractivity (Wildman–Crippen MR) is 94.9 cm³/mol. The van der Waals surface area contributed by atoms with Crippen LogP contribution in [0.3, 0.4) is 0 Å². The van der Waals surface area contributed by atoms with Crippen LogP contribution >= 0.6 is 23.2 Å². The van der Waals surface area contributed by atoms with Crippen LogP contribution in [0.4, 0.5) is 26.3 Å². The molecule has 3 rings (SSSR count). The van der Waals surface area contributed by atoms with E-state index in [1.54, 1.807) is 0 Å². The van der Waals surface area contributed by atoms with Crippen molar-refractivity contribution in [2.75, 3.05) is 0 Å². The maximum absolute atomic E-state index is 12.6. The van der Waals surface area contributed by atoms with E-state index in [-0.39, 0.29) is 21.9 Å². The van der Waals surface area contributed by atoms with Gasteiger partial charge < -0.3 is 12.8 Å². The highest BCUT2D eigenvalue weighted by Gasteiger charge is 2.49. The summed E-state index contributed by atoms with van der Waals surface area (Å²) in [7, 11) is -12.2. The van der Waals surface area contributed by atoms with Crippen molar-refractivity contribution in [3.05, 3.63) is 34.3 Å². The van der Waals surface area contributed by atoms with Crippen molar-refractivity contribution in [3.63, 3.8) is 0 Å². The van der Waals surface area contributed by atoms with Gasteiger partial charge in [-0.2, -0.15) is 43.2 Å². The number of fused-ring (bicyclic) bond motifs is 3. The number of hydrogen-bond donors (Lipinski definition) is 0. The number of hydrogen-bond acceptors (Lipinski definition) is 7. The Morgan fingerprint density at radius 3 is 1.29 bits per heavy atom. The van der Waals surface area contributed by atoms with Crippen LogP contribution in [0.25, 0.3) is 21.9 Å². The Morgan fingerprint density at radius 2 is 1.00 bits per heavy atom. The van der Waals surface area contributed by atoms with Crippen molar-refractivity contribution in [1.82, 2.24) is 0 Å². The zero-order valence-corrected chi connectivity index (χ0v) is 17.2. The number of benzene rings is 2. The van der Waals surface area contributed by atoms with Gasteiger partial charge in [0.15, 0.2) is 11.5 Å². The van der Waals surface area contributed by atoms with Crippen LogP contribution in [0.15, 0.2) is 28.7 Å². The van der Waals surface area contributed by atoms with Gasteiger partial charge in [0, 0.05) is 22.9 Å². The molecule has 0 amide bonds. The van der Waals surface area contributed by atoms with Gasteiger partial charge in [-0.05, 0) is 12.1 Å². The Bertz CT molecular complexity index is 1300. The van der Waals surface area contributed by atoms with E-state index in [1.807, 2.05) is 0 Å². The summed E-state index contributed by atoms with van der Waals surface area (Å²) in [6.07, 6.45) is 0. The molecule has 0 unspecified atom stereocenters. The van der Waals surface area contributed by atoms with E-state index in [1.165, 1.54) is 0 Å². The molecule has 0 N–H and O–H groups in total. The van der Waals surface area contributed by atoms with Gasteiger partial charge in [0.05, 0.1) is 10.0 Å². The average Bonchev–Trinajstić information content (AvgIpc) is 2.89. The SMILES string of the molecule is O=S(=O)(Oc1cc2c(cc1Cl)oc1cc(Cl)c(OS(=O)(=O)C(F)(F)F)cc12)C(F)(F)F. The van der Waals surface area contributed by atoms with E-state index >= 15 is 0 Å². The second-order valence-electron chi connectivity index (χ2n) is 5.63. The summed E-state index contributed by atoms with van der Waals surface area (Å²) in [5.74, 6) is -1.95. The first kappa shape index (κ1) is 23.6. The van der Waals surface area contributed by atoms with Crippen molar-refractivity contribution in [2.45, 2.75) is 11.0 Å².